The third kappa shape index (κ3) is 4.08. The molecule has 1 aromatic heterocycles. The number of benzene rings is 1. The molecule has 1 aromatic carbocycles. The number of aromatic carboxylic acids is 1. The van der Waals surface area contributed by atoms with Crippen LogP contribution >= 0.6 is 0 Å². The fraction of sp³-hybridized carbons (Fsp3) is 0.200. The molecule has 2 rings (SSSR count). The second-order valence-electron chi connectivity index (χ2n) is 4.54. The molecule has 0 aliphatic rings. The van der Waals surface area contributed by atoms with Crippen molar-refractivity contribution >= 4 is 11.9 Å². The zero-order valence-corrected chi connectivity index (χ0v) is 11.6. The third-order valence-electron chi connectivity index (χ3n) is 2.96. The minimum atomic E-state index is -1.30. The number of nitrogens with zero attached hydrogens (tertiary/aromatic N) is 2. The summed E-state index contributed by atoms with van der Waals surface area (Å²) in [6.07, 6.45) is 3.79. The zero-order chi connectivity index (χ0) is 15.9. The Morgan fingerprint density at radius 2 is 1.73 bits per heavy atom. The molecule has 22 heavy (non-hydrogen) atoms. The lowest BCUT2D eigenvalue weighted by molar-refractivity contribution is 0.0683. The molecule has 6 nitrogen and oxygen atoms in total. The van der Waals surface area contributed by atoms with E-state index in [2.05, 4.69) is 15.3 Å². The molecule has 0 spiro atoms. The number of hydrogen-bond donors (Lipinski definition) is 2. The van der Waals surface area contributed by atoms with Gasteiger partial charge in [-0.3, -0.25) is 4.79 Å². The summed E-state index contributed by atoms with van der Waals surface area (Å²) in [5.41, 5.74) is 0.372. The minimum Gasteiger partial charge on any atom is -0.476 e. The van der Waals surface area contributed by atoms with Crippen molar-refractivity contribution in [2.24, 2.45) is 0 Å². The van der Waals surface area contributed by atoms with Crippen LogP contribution in [0.4, 0.5) is 4.39 Å². The third-order valence-corrected chi connectivity index (χ3v) is 2.96. The van der Waals surface area contributed by atoms with Crippen LogP contribution in [0, 0.1) is 5.82 Å². The van der Waals surface area contributed by atoms with E-state index in [4.69, 9.17) is 5.11 Å². The van der Waals surface area contributed by atoms with Gasteiger partial charge in [0.1, 0.15) is 5.82 Å². The van der Waals surface area contributed by atoms with Crippen LogP contribution in [0.1, 0.15) is 33.0 Å². The summed E-state index contributed by atoms with van der Waals surface area (Å²) in [6, 6.07) is 6.13. The summed E-state index contributed by atoms with van der Waals surface area (Å²) >= 11 is 0. The topological polar surface area (TPSA) is 92.2 Å². The second-order valence-corrected chi connectivity index (χ2v) is 4.54. The van der Waals surface area contributed by atoms with E-state index in [0.29, 0.717) is 19.4 Å². The molecular weight excluding hydrogens is 289 g/mol. The first-order valence-electron chi connectivity index (χ1n) is 6.65. The van der Waals surface area contributed by atoms with Crippen LogP contribution in [0.15, 0.2) is 36.7 Å². The Morgan fingerprint density at radius 3 is 2.36 bits per heavy atom. The Balaban J connectivity index is 1.86. The van der Waals surface area contributed by atoms with E-state index in [9.17, 15) is 14.0 Å². The standard InChI is InChI=1S/C15H14FN3O3/c16-11-5-3-10(4-6-11)2-1-7-19-14(20)12-13(15(21)22)18-9-8-17-12/h3-6,8-9H,1-2,7H2,(H,19,20)(H,21,22). The van der Waals surface area contributed by atoms with Gasteiger partial charge in [-0.1, -0.05) is 12.1 Å². The monoisotopic (exact) mass is 303 g/mol. The highest BCUT2D eigenvalue weighted by Crippen LogP contribution is 2.05. The fourth-order valence-corrected chi connectivity index (χ4v) is 1.89. The van der Waals surface area contributed by atoms with Crippen molar-refractivity contribution in [2.75, 3.05) is 6.54 Å². The van der Waals surface area contributed by atoms with Crippen LogP contribution in [-0.2, 0) is 6.42 Å². The molecule has 7 heteroatoms. The molecule has 0 radical (unpaired) electrons. The van der Waals surface area contributed by atoms with Gasteiger partial charge in [0.2, 0.25) is 0 Å². The van der Waals surface area contributed by atoms with Crippen LogP contribution in [0.25, 0.3) is 0 Å². The normalized spacial score (nSPS) is 10.2. The second kappa shape index (κ2) is 7.26. The smallest absolute Gasteiger partial charge is 0.356 e. The number of nitrogens with one attached hydrogen (secondary N) is 1. The number of aromatic nitrogens is 2. The maximum atomic E-state index is 12.8. The van der Waals surface area contributed by atoms with Crippen LogP contribution in [0.3, 0.4) is 0 Å². The average Bonchev–Trinajstić information content (AvgIpc) is 2.53. The molecule has 2 N–H and O–H groups in total. The van der Waals surface area contributed by atoms with E-state index < -0.39 is 11.9 Å². The van der Waals surface area contributed by atoms with Crippen LogP contribution in [0.2, 0.25) is 0 Å². The van der Waals surface area contributed by atoms with Crippen molar-refractivity contribution < 1.29 is 19.1 Å². The largest absolute Gasteiger partial charge is 0.476 e. The molecule has 0 atom stereocenters. The highest BCUT2D eigenvalue weighted by atomic mass is 19.1. The van der Waals surface area contributed by atoms with Gasteiger partial charge in [-0.15, -0.1) is 0 Å². The highest BCUT2D eigenvalue weighted by molar-refractivity contribution is 6.01. The number of carbonyl (C=O) groups excluding carboxylic acids is 1. The molecule has 0 fully saturated rings. The lowest BCUT2D eigenvalue weighted by atomic mass is 10.1. The Kier molecular flexibility index (Phi) is 5.13. The first kappa shape index (κ1) is 15.6. The van der Waals surface area contributed by atoms with Crippen molar-refractivity contribution in [2.45, 2.75) is 12.8 Å². The fourth-order valence-electron chi connectivity index (χ4n) is 1.89. The van der Waals surface area contributed by atoms with Crippen LogP contribution < -0.4 is 5.32 Å². The first-order chi connectivity index (χ1) is 10.6. The van der Waals surface area contributed by atoms with E-state index in [-0.39, 0.29) is 17.2 Å². The predicted molar refractivity (Wildman–Crippen MR) is 76.0 cm³/mol. The number of hydrogen-bond acceptors (Lipinski definition) is 4. The van der Waals surface area contributed by atoms with E-state index >= 15 is 0 Å². The van der Waals surface area contributed by atoms with Gasteiger partial charge in [0.25, 0.3) is 5.91 Å². The average molecular weight is 303 g/mol. The van der Waals surface area contributed by atoms with Gasteiger partial charge in [0.15, 0.2) is 11.4 Å². The van der Waals surface area contributed by atoms with Gasteiger partial charge in [0.05, 0.1) is 0 Å². The lowest BCUT2D eigenvalue weighted by Gasteiger charge is -2.06. The molecule has 1 amide bonds. The first-order valence-corrected chi connectivity index (χ1v) is 6.65. The number of amides is 1. The molecule has 0 unspecified atom stereocenters. The van der Waals surface area contributed by atoms with E-state index in [0.717, 1.165) is 5.56 Å². The Morgan fingerprint density at radius 1 is 1.09 bits per heavy atom. The summed E-state index contributed by atoms with van der Waals surface area (Å²) in [4.78, 5) is 30.2. The Bertz CT molecular complexity index is 674. The van der Waals surface area contributed by atoms with E-state index in [1.54, 1.807) is 12.1 Å². The maximum Gasteiger partial charge on any atom is 0.356 e. The van der Waals surface area contributed by atoms with Crippen LogP contribution in [0.5, 0.6) is 0 Å². The summed E-state index contributed by atoms with van der Waals surface area (Å²) < 4.78 is 12.8. The number of aryl methyl sites for hydroxylation is 1. The number of carboxylic acids is 1. The van der Waals surface area contributed by atoms with E-state index in [1.165, 1.54) is 24.5 Å². The number of rotatable bonds is 6. The van der Waals surface area contributed by atoms with Gasteiger partial charge in [-0.05, 0) is 30.5 Å². The molecule has 0 saturated carbocycles. The molecule has 0 saturated heterocycles. The molecule has 1 heterocycles. The predicted octanol–water partition coefficient (Wildman–Crippen LogP) is 1.68. The SMILES string of the molecule is O=C(O)c1nccnc1C(=O)NCCCc1ccc(F)cc1. The minimum absolute atomic E-state index is 0.211. The van der Waals surface area contributed by atoms with Gasteiger partial charge >= 0.3 is 5.97 Å². The molecule has 2 aromatic rings. The summed E-state index contributed by atoms with van der Waals surface area (Å²) in [6.45, 7) is 0.353. The molecule has 114 valence electrons. The zero-order valence-electron chi connectivity index (χ0n) is 11.6. The summed E-state index contributed by atoms with van der Waals surface area (Å²) in [5, 5.41) is 11.5. The number of carbonyl (C=O) groups is 2. The van der Waals surface area contributed by atoms with E-state index in [1.807, 2.05) is 0 Å². The highest BCUT2D eigenvalue weighted by Gasteiger charge is 2.18. The molecule has 0 aliphatic carbocycles. The van der Waals surface area contributed by atoms with Crippen molar-refractivity contribution in [3.8, 4) is 0 Å². The Hall–Kier alpha value is -2.83. The van der Waals surface area contributed by atoms with Crippen molar-refractivity contribution in [3.63, 3.8) is 0 Å². The maximum absolute atomic E-state index is 12.8. The lowest BCUT2D eigenvalue weighted by Crippen LogP contribution is -2.28. The molecular formula is C15H14FN3O3. The van der Waals surface area contributed by atoms with Gasteiger partial charge in [-0.25, -0.2) is 19.2 Å². The molecule has 0 bridgehead atoms. The summed E-state index contributed by atoms with van der Waals surface area (Å²) in [7, 11) is 0. The molecule has 0 aliphatic heterocycles. The quantitative estimate of drug-likeness (QED) is 0.792. The summed E-state index contributed by atoms with van der Waals surface area (Å²) in [5.74, 6) is -2.17. The van der Waals surface area contributed by atoms with Gasteiger partial charge in [-0.2, -0.15) is 0 Å². The van der Waals surface area contributed by atoms with Gasteiger partial charge < -0.3 is 10.4 Å². The Labute approximate surface area is 126 Å². The number of carboxylic acid groups (broad SMARTS) is 1. The van der Waals surface area contributed by atoms with Gasteiger partial charge in [0, 0.05) is 18.9 Å². The van der Waals surface area contributed by atoms with Crippen molar-refractivity contribution in [1.29, 1.82) is 0 Å². The van der Waals surface area contributed by atoms with Crippen LogP contribution in [-0.4, -0.2) is 33.5 Å². The number of halogens is 1. The van der Waals surface area contributed by atoms with Crippen molar-refractivity contribution in [1.82, 2.24) is 15.3 Å². The van der Waals surface area contributed by atoms with Crippen molar-refractivity contribution in [3.05, 3.63) is 59.4 Å².